The Balaban J connectivity index is 2.77. The van der Waals surface area contributed by atoms with Crippen LogP contribution in [-0.2, 0) is 9.53 Å². The second-order valence-electron chi connectivity index (χ2n) is 5.95. The summed E-state index contributed by atoms with van der Waals surface area (Å²) in [5.41, 5.74) is -0.150. The second kappa shape index (κ2) is 11.9. The molecule has 0 heterocycles. The molecule has 0 saturated carbocycles. The number of carbonyl (C=O) groups is 2. The molecule has 0 radical (unpaired) electrons. The van der Waals surface area contributed by atoms with Crippen LogP contribution >= 0.6 is 11.6 Å². The number of benzene rings is 1. The lowest BCUT2D eigenvalue weighted by Crippen LogP contribution is -2.35. The molecule has 5 nitrogen and oxygen atoms in total. The molecular formula is C19H28ClFN2O3. The molecule has 7 heteroatoms. The largest absolute Gasteiger partial charge is 0.469 e. The van der Waals surface area contributed by atoms with Crippen molar-refractivity contribution in [3.05, 3.63) is 34.6 Å². The lowest BCUT2D eigenvalue weighted by Gasteiger charge is -2.24. The monoisotopic (exact) mass is 386 g/mol. The number of ether oxygens (including phenoxy) is 1. The van der Waals surface area contributed by atoms with Gasteiger partial charge in [0, 0.05) is 13.1 Å². The summed E-state index contributed by atoms with van der Waals surface area (Å²) in [5.74, 6) is -1.57. The van der Waals surface area contributed by atoms with Gasteiger partial charge < -0.3 is 14.5 Å². The average Bonchev–Trinajstić information content (AvgIpc) is 2.63. The Bertz CT molecular complexity index is 574. The Morgan fingerprint density at radius 3 is 2.35 bits per heavy atom. The summed E-state index contributed by atoms with van der Waals surface area (Å²) in [6, 6.07) is 4.14. The van der Waals surface area contributed by atoms with Crippen molar-refractivity contribution in [3.63, 3.8) is 0 Å². The maximum atomic E-state index is 14.1. The van der Waals surface area contributed by atoms with Gasteiger partial charge in [-0.25, -0.2) is 4.39 Å². The van der Waals surface area contributed by atoms with Crippen molar-refractivity contribution in [1.29, 1.82) is 0 Å². The van der Waals surface area contributed by atoms with E-state index in [1.807, 2.05) is 0 Å². The van der Waals surface area contributed by atoms with Crippen LogP contribution in [0.5, 0.6) is 0 Å². The number of halogens is 2. The first-order valence-electron chi connectivity index (χ1n) is 8.97. The van der Waals surface area contributed by atoms with Gasteiger partial charge in [0.05, 0.1) is 24.1 Å². The molecule has 0 aliphatic heterocycles. The first kappa shape index (κ1) is 22.4. The maximum Gasteiger partial charge on any atom is 0.307 e. The first-order valence-corrected chi connectivity index (χ1v) is 9.34. The minimum atomic E-state index is -0.659. The zero-order valence-corrected chi connectivity index (χ0v) is 16.5. The molecular weight excluding hydrogens is 359 g/mol. The summed E-state index contributed by atoms with van der Waals surface area (Å²) >= 11 is 6.01. The standard InChI is InChI=1S/C19H28ClFN2O3/c1-4-22(5-2)12-6-7-13-23(14-11-17(24)26-3)19(25)18-15(20)9-8-10-16(18)21/h8-10H,4-7,11-14H2,1-3H3. The summed E-state index contributed by atoms with van der Waals surface area (Å²) in [7, 11) is 1.30. The summed E-state index contributed by atoms with van der Waals surface area (Å²) in [4.78, 5) is 28.0. The van der Waals surface area contributed by atoms with Crippen molar-refractivity contribution >= 4 is 23.5 Å². The molecule has 0 fully saturated rings. The fourth-order valence-electron chi connectivity index (χ4n) is 2.68. The van der Waals surface area contributed by atoms with E-state index in [1.54, 1.807) is 0 Å². The molecule has 146 valence electrons. The molecule has 26 heavy (non-hydrogen) atoms. The SMILES string of the molecule is CCN(CC)CCCCN(CCC(=O)OC)C(=O)c1c(F)cccc1Cl. The number of esters is 1. The molecule has 0 saturated heterocycles. The molecule has 0 spiro atoms. The van der Waals surface area contributed by atoms with E-state index in [1.165, 1.54) is 30.2 Å². The summed E-state index contributed by atoms with van der Waals surface area (Å²) < 4.78 is 18.7. The Morgan fingerprint density at radius 1 is 1.12 bits per heavy atom. The fourth-order valence-corrected chi connectivity index (χ4v) is 2.93. The van der Waals surface area contributed by atoms with Crippen molar-refractivity contribution in [3.8, 4) is 0 Å². The van der Waals surface area contributed by atoms with Gasteiger partial charge in [0.15, 0.2) is 0 Å². The minimum Gasteiger partial charge on any atom is -0.469 e. The van der Waals surface area contributed by atoms with Crippen LogP contribution in [0.15, 0.2) is 18.2 Å². The van der Waals surface area contributed by atoms with E-state index in [0.29, 0.717) is 6.54 Å². The van der Waals surface area contributed by atoms with E-state index in [4.69, 9.17) is 11.6 Å². The van der Waals surface area contributed by atoms with Gasteiger partial charge in [0.25, 0.3) is 5.91 Å². The van der Waals surface area contributed by atoms with Crippen LogP contribution in [0.25, 0.3) is 0 Å². The predicted octanol–water partition coefficient (Wildman–Crippen LogP) is 3.61. The molecule has 0 atom stereocenters. The molecule has 0 aliphatic carbocycles. The van der Waals surface area contributed by atoms with Gasteiger partial charge in [-0.1, -0.05) is 31.5 Å². The summed E-state index contributed by atoms with van der Waals surface area (Å²) in [6.07, 6.45) is 1.73. The molecule has 1 rings (SSSR count). The molecule has 0 aromatic heterocycles. The second-order valence-corrected chi connectivity index (χ2v) is 6.36. The number of rotatable bonds is 11. The van der Waals surface area contributed by atoms with Gasteiger partial charge in [-0.3, -0.25) is 9.59 Å². The van der Waals surface area contributed by atoms with Crippen LogP contribution in [0.1, 0.15) is 43.5 Å². The third-order valence-corrected chi connectivity index (χ3v) is 4.64. The van der Waals surface area contributed by atoms with Crippen LogP contribution in [0.4, 0.5) is 4.39 Å². The Hall–Kier alpha value is -1.66. The maximum absolute atomic E-state index is 14.1. The Morgan fingerprint density at radius 2 is 1.77 bits per heavy atom. The van der Waals surface area contributed by atoms with E-state index < -0.39 is 17.7 Å². The van der Waals surface area contributed by atoms with E-state index >= 15 is 0 Å². The lowest BCUT2D eigenvalue weighted by atomic mass is 10.1. The minimum absolute atomic E-state index is 0.0599. The topological polar surface area (TPSA) is 49.9 Å². The number of nitrogens with zero attached hydrogens (tertiary/aromatic N) is 2. The van der Waals surface area contributed by atoms with E-state index in [0.717, 1.165) is 32.5 Å². The van der Waals surface area contributed by atoms with Gasteiger partial charge in [-0.15, -0.1) is 0 Å². The van der Waals surface area contributed by atoms with Gasteiger partial charge in [0.1, 0.15) is 5.82 Å². The van der Waals surface area contributed by atoms with Crippen molar-refractivity contribution in [2.24, 2.45) is 0 Å². The number of carbonyl (C=O) groups excluding carboxylic acids is 2. The highest BCUT2D eigenvalue weighted by Gasteiger charge is 2.22. The smallest absolute Gasteiger partial charge is 0.307 e. The molecule has 1 aromatic rings. The third-order valence-electron chi connectivity index (χ3n) is 4.32. The van der Waals surface area contributed by atoms with Gasteiger partial charge in [0.2, 0.25) is 0 Å². The number of hydrogen-bond donors (Lipinski definition) is 0. The van der Waals surface area contributed by atoms with Gasteiger partial charge in [-0.2, -0.15) is 0 Å². The Kier molecular flexibility index (Phi) is 10.2. The van der Waals surface area contributed by atoms with Crippen molar-refractivity contribution in [2.45, 2.75) is 33.1 Å². The normalized spacial score (nSPS) is 10.8. The fraction of sp³-hybridized carbons (Fsp3) is 0.579. The molecule has 0 aliphatic rings. The zero-order valence-electron chi connectivity index (χ0n) is 15.8. The quantitative estimate of drug-likeness (QED) is 0.430. The zero-order chi connectivity index (χ0) is 19.5. The Labute approximate surface area is 160 Å². The molecule has 1 amide bonds. The number of amides is 1. The van der Waals surface area contributed by atoms with E-state index in [9.17, 15) is 14.0 Å². The predicted molar refractivity (Wildman–Crippen MR) is 101 cm³/mol. The highest BCUT2D eigenvalue weighted by atomic mass is 35.5. The van der Waals surface area contributed by atoms with Gasteiger partial charge >= 0.3 is 5.97 Å². The first-order chi connectivity index (χ1) is 12.4. The van der Waals surface area contributed by atoms with Crippen molar-refractivity contribution < 1.29 is 18.7 Å². The van der Waals surface area contributed by atoms with Crippen LogP contribution in [0.3, 0.4) is 0 Å². The molecule has 0 bridgehead atoms. The van der Waals surface area contributed by atoms with E-state index in [-0.39, 0.29) is 23.6 Å². The third kappa shape index (κ3) is 6.92. The molecule has 1 aromatic carbocycles. The van der Waals surface area contributed by atoms with Crippen LogP contribution in [-0.4, -0.2) is 61.5 Å². The van der Waals surface area contributed by atoms with Crippen LogP contribution < -0.4 is 0 Å². The lowest BCUT2D eigenvalue weighted by molar-refractivity contribution is -0.140. The highest BCUT2D eigenvalue weighted by Crippen LogP contribution is 2.21. The molecule has 0 N–H and O–H groups in total. The van der Waals surface area contributed by atoms with Crippen molar-refractivity contribution in [1.82, 2.24) is 9.80 Å². The van der Waals surface area contributed by atoms with Crippen LogP contribution in [0, 0.1) is 5.82 Å². The number of unbranched alkanes of at least 4 members (excludes halogenated alkanes) is 1. The summed E-state index contributed by atoms with van der Waals surface area (Å²) in [6.45, 7) is 7.71. The molecule has 0 unspecified atom stereocenters. The summed E-state index contributed by atoms with van der Waals surface area (Å²) in [5, 5.41) is 0.0706. The van der Waals surface area contributed by atoms with Crippen molar-refractivity contribution in [2.75, 3.05) is 39.8 Å². The average molecular weight is 387 g/mol. The van der Waals surface area contributed by atoms with Gasteiger partial charge in [-0.05, 0) is 44.6 Å². The van der Waals surface area contributed by atoms with E-state index in [2.05, 4.69) is 23.5 Å². The number of methoxy groups -OCH3 is 1. The van der Waals surface area contributed by atoms with Crippen LogP contribution in [0.2, 0.25) is 5.02 Å². The highest BCUT2D eigenvalue weighted by molar-refractivity contribution is 6.33. The number of hydrogen-bond acceptors (Lipinski definition) is 4.